The number of hydrogen-bond acceptors (Lipinski definition) is 3. The largest absolute Gasteiger partial charge is 0.235 e. The number of thiophene rings is 1. The van der Waals surface area contributed by atoms with Crippen molar-refractivity contribution in [2.45, 2.75) is 34.1 Å². The van der Waals surface area contributed by atoms with Gasteiger partial charge in [0.25, 0.3) is 0 Å². The van der Waals surface area contributed by atoms with Gasteiger partial charge in [-0.25, -0.2) is 14.4 Å². The van der Waals surface area contributed by atoms with Crippen LogP contribution in [-0.4, -0.2) is 9.97 Å². The summed E-state index contributed by atoms with van der Waals surface area (Å²) in [5, 5.41) is 3.02. The van der Waals surface area contributed by atoms with Crippen molar-refractivity contribution < 1.29 is 4.39 Å². The lowest BCUT2D eigenvalue weighted by Crippen LogP contribution is -2.10. The third-order valence-corrected chi connectivity index (χ3v) is 6.67. The van der Waals surface area contributed by atoms with Gasteiger partial charge in [0, 0.05) is 15.6 Å². The van der Waals surface area contributed by atoms with Gasteiger partial charge in [-0.05, 0) is 64.9 Å². The maximum absolute atomic E-state index is 15.0. The Kier molecular flexibility index (Phi) is 4.37. The van der Waals surface area contributed by atoms with Gasteiger partial charge in [0.05, 0.1) is 15.9 Å². The normalized spacial score (nSPS) is 12.3. The molecule has 3 aromatic carbocycles. The number of benzene rings is 3. The van der Waals surface area contributed by atoms with Crippen molar-refractivity contribution in [3.05, 3.63) is 71.8 Å². The Hall–Kier alpha value is -2.85. The van der Waals surface area contributed by atoms with Gasteiger partial charge in [0.1, 0.15) is 12.1 Å². The van der Waals surface area contributed by atoms with Gasteiger partial charge < -0.3 is 0 Å². The van der Waals surface area contributed by atoms with Crippen molar-refractivity contribution in [2.24, 2.45) is 5.41 Å². The SMILES string of the molecule is Cc1cc2c(cc1CC(C)(C)C)sc1c(-c3cc4ccccc4cc3F)ncnc12. The Morgan fingerprint density at radius 2 is 1.70 bits per heavy atom. The van der Waals surface area contributed by atoms with Crippen molar-refractivity contribution in [3.8, 4) is 11.3 Å². The van der Waals surface area contributed by atoms with Gasteiger partial charge in [-0.15, -0.1) is 11.3 Å². The Balaban J connectivity index is 1.75. The summed E-state index contributed by atoms with van der Waals surface area (Å²) in [6, 6.07) is 15.8. The predicted molar refractivity (Wildman–Crippen MR) is 126 cm³/mol. The molecule has 0 aliphatic carbocycles. The van der Waals surface area contributed by atoms with Crippen molar-refractivity contribution >= 4 is 42.4 Å². The van der Waals surface area contributed by atoms with Gasteiger partial charge in [0.2, 0.25) is 0 Å². The first-order valence-corrected chi connectivity index (χ1v) is 11.0. The molecule has 0 saturated heterocycles. The number of rotatable bonds is 2. The molecule has 0 atom stereocenters. The highest BCUT2D eigenvalue weighted by Crippen LogP contribution is 2.40. The molecule has 2 heterocycles. The van der Waals surface area contributed by atoms with Crippen molar-refractivity contribution in [1.82, 2.24) is 9.97 Å². The van der Waals surface area contributed by atoms with Crippen LogP contribution < -0.4 is 0 Å². The Labute approximate surface area is 179 Å². The minimum absolute atomic E-state index is 0.217. The summed E-state index contributed by atoms with van der Waals surface area (Å²) in [4.78, 5) is 9.07. The minimum atomic E-state index is -0.254. The van der Waals surface area contributed by atoms with Crippen LogP contribution >= 0.6 is 11.3 Å². The van der Waals surface area contributed by atoms with Gasteiger partial charge in [-0.2, -0.15) is 0 Å². The third-order valence-electron chi connectivity index (χ3n) is 5.52. The molecule has 0 aliphatic heterocycles. The zero-order valence-corrected chi connectivity index (χ0v) is 18.4. The highest BCUT2D eigenvalue weighted by Gasteiger charge is 2.19. The monoisotopic (exact) mass is 414 g/mol. The number of hydrogen-bond donors (Lipinski definition) is 0. The lowest BCUT2D eigenvalue weighted by molar-refractivity contribution is 0.410. The molecule has 5 aromatic rings. The van der Waals surface area contributed by atoms with E-state index in [1.54, 1.807) is 23.7 Å². The topological polar surface area (TPSA) is 25.8 Å². The van der Waals surface area contributed by atoms with Gasteiger partial charge >= 0.3 is 0 Å². The second-order valence-corrected chi connectivity index (χ2v) is 10.2. The van der Waals surface area contributed by atoms with E-state index in [-0.39, 0.29) is 11.2 Å². The molecule has 0 spiro atoms. The average molecular weight is 415 g/mol. The molecule has 0 bridgehead atoms. The van der Waals surface area contributed by atoms with E-state index in [1.165, 1.54) is 15.8 Å². The highest BCUT2D eigenvalue weighted by atomic mass is 32.1. The molecule has 4 heteroatoms. The van der Waals surface area contributed by atoms with Crippen LogP contribution in [0.15, 0.2) is 54.9 Å². The molecule has 0 N–H and O–H groups in total. The maximum atomic E-state index is 15.0. The minimum Gasteiger partial charge on any atom is -0.235 e. The van der Waals surface area contributed by atoms with E-state index in [0.717, 1.165) is 32.8 Å². The molecule has 2 nitrogen and oxygen atoms in total. The summed E-state index contributed by atoms with van der Waals surface area (Å²) < 4.78 is 17.2. The number of fused-ring (bicyclic) bond motifs is 4. The number of aryl methyl sites for hydroxylation is 1. The second-order valence-electron chi connectivity index (χ2n) is 9.19. The Morgan fingerprint density at radius 1 is 0.967 bits per heavy atom. The Bertz CT molecular complexity index is 1430. The van der Waals surface area contributed by atoms with E-state index in [4.69, 9.17) is 0 Å². The fourth-order valence-electron chi connectivity index (χ4n) is 4.12. The fourth-order valence-corrected chi connectivity index (χ4v) is 5.32. The van der Waals surface area contributed by atoms with Crippen LogP contribution in [0.3, 0.4) is 0 Å². The van der Waals surface area contributed by atoms with E-state index >= 15 is 4.39 Å². The average Bonchev–Trinajstić information content (AvgIpc) is 3.04. The smallest absolute Gasteiger partial charge is 0.133 e. The molecule has 0 aliphatic rings. The van der Waals surface area contributed by atoms with Crippen molar-refractivity contribution in [3.63, 3.8) is 0 Å². The molecule has 0 amide bonds. The number of nitrogens with zero attached hydrogens (tertiary/aromatic N) is 2. The second kappa shape index (κ2) is 6.85. The first-order chi connectivity index (χ1) is 14.3. The van der Waals surface area contributed by atoms with Gasteiger partial charge in [-0.3, -0.25) is 0 Å². The summed E-state index contributed by atoms with van der Waals surface area (Å²) in [6.07, 6.45) is 2.57. The molecule has 0 radical (unpaired) electrons. The molecular formula is C26H23FN2S. The van der Waals surface area contributed by atoms with Crippen LogP contribution in [-0.2, 0) is 6.42 Å². The van der Waals surface area contributed by atoms with Crippen LogP contribution in [0.4, 0.5) is 4.39 Å². The lowest BCUT2D eigenvalue weighted by atomic mass is 9.86. The van der Waals surface area contributed by atoms with Crippen molar-refractivity contribution in [2.75, 3.05) is 0 Å². The van der Waals surface area contributed by atoms with E-state index in [2.05, 4.69) is 49.8 Å². The zero-order chi connectivity index (χ0) is 21.0. The molecule has 2 aromatic heterocycles. The van der Waals surface area contributed by atoms with Gasteiger partial charge in [-0.1, -0.05) is 45.0 Å². The summed E-state index contributed by atoms with van der Waals surface area (Å²) in [6.45, 7) is 8.93. The summed E-state index contributed by atoms with van der Waals surface area (Å²) in [7, 11) is 0. The molecule has 30 heavy (non-hydrogen) atoms. The molecular weight excluding hydrogens is 391 g/mol. The number of halogens is 1. The summed E-state index contributed by atoms with van der Waals surface area (Å²) in [5.41, 5.74) is 4.94. The van der Waals surface area contributed by atoms with E-state index < -0.39 is 0 Å². The van der Waals surface area contributed by atoms with Crippen LogP contribution in [0.25, 0.3) is 42.3 Å². The van der Waals surface area contributed by atoms with Crippen molar-refractivity contribution in [1.29, 1.82) is 0 Å². The van der Waals surface area contributed by atoms with E-state index in [1.807, 2.05) is 30.3 Å². The summed E-state index contributed by atoms with van der Waals surface area (Å²) >= 11 is 1.65. The highest BCUT2D eigenvalue weighted by molar-refractivity contribution is 7.26. The quantitative estimate of drug-likeness (QED) is 0.296. The zero-order valence-electron chi connectivity index (χ0n) is 17.6. The van der Waals surface area contributed by atoms with Gasteiger partial charge in [0.15, 0.2) is 0 Å². The third kappa shape index (κ3) is 3.25. The Morgan fingerprint density at radius 3 is 2.43 bits per heavy atom. The molecule has 0 fully saturated rings. The first kappa shape index (κ1) is 19.1. The van der Waals surface area contributed by atoms with Crippen LogP contribution in [0.5, 0.6) is 0 Å². The fraction of sp³-hybridized carbons (Fsp3) is 0.231. The van der Waals surface area contributed by atoms with E-state index in [0.29, 0.717) is 11.3 Å². The van der Waals surface area contributed by atoms with Crippen LogP contribution in [0, 0.1) is 18.2 Å². The molecule has 5 rings (SSSR count). The molecule has 150 valence electrons. The van der Waals surface area contributed by atoms with Crippen LogP contribution in [0.1, 0.15) is 31.9 Å². The summed E-state index contributed by atoms with van der Waals surface area (Å²) in [5.74, 6) is -0.254. The first-order valence-electron chi connectivity index (χ1n) is 10.2. The predicted octanol–water partition coefficient (Wildman–Crippen LogP) is 7.70. The molecule has 0 unspecified atom stereocenters. The maximum Gasteiger partial charge on any atom is 0.133 e. The van der Waals surface area contributed by atoms with Crippen LogP contribution in [0.2, 0.25) is 0 Å². The number of aromatic nitrogens is 2. The van der Waals surface area contributed by atoms with E-state index in [9.17, 15) is 0 Å². The molecule has 0 saturated carbocycles. The lowest BCUT2D eigenvalue weighted by Gasteiger charge is -2.19. The standard InChI is InChI=1S/C26H23FN2S/c1-15-9-20-22(12-18(15)13-26(2,3)4)30-25-23(28-14-29-24(20)25)19-10-16-7-5-6-8-17(16)11-21(19)27/h5-12,14H,13H2,1-4H3.